The van der Waals surface area contributed by atoms with Crippen molar-refractivity contribution in [2.45, 2.75) is 25.4 Å². The Hall–Kier alpha value is -0.610. The quantitative estimate of drug-likeness (QED) is 0.643. The maximum absolute atomic E-state index is 10.2. The molecule has 2 N–H and O–H groups in total. The van der Waals surface area contributed by atoms with Crippen molar-refractivity contribution in [1.29, 1.82) is 0 Å². The molecule has 0 aliphatic carbocycles. The lowest BCUT2D eigenvalue weighted by Gasteiger charge is -2.27. The molecule has 1 fully saturated rings. The predicted molar refractivity (Wildman–Crippen MR) is 41.8 cm³/mol. The number of carboxylic acids is 1. The lowest BCUT2D eigenvalue weighted by Crippen LogP contribution is -2.32. The fourth-order valence-electron chi connectivity index (χ4n) is 1.37. The van der Waals surface area contributed by atoms with Gasteiger partial charge in [-0.2, -0.15) is 0 Å². The average Bonchev–Trinajstić information content (AvgIpc) is 2.03. The first-order chi connectivity index (χ1) is 5.70. The molecule has 12 heavy (non-hydrogen) atoms. The minimum Gasteiger partial charge on any atom is -0.481 e. The van der Waals surface area contributed by atoms with Gasteiger partial charge in [0.15, 0.2) is 0 Å². The van der Waals surface area contributed by atoms with Crippen LogP contribution in [-0.4, -0.2) is 35.5 Å². The SMILES string of the molecule is O=C(O)CC[C@H]1COCC[C@@H]1O. The molecule has 1 saturated heterocycles. The van der Waals surface area contributed by atoms with Crippen LogP contribution in [0.25, 0.3) is 0 Å². The van der Waals surface area contributed by atoms with E-state index in [4.69, 9.17) is 9.84 Å². The lowest BCUT2D eigenvalue weighted by atomic mass is 9.94. The van der Waals surface area contributed by atoms with Crippen LogP contribution in [0, 0.1) is 5.92 Å². The molecule has 1 heterocycles. The van der Waals surface area contributed by atoms with Crippen molar-refractivity contribution < 1.29 is 19.7 Å². The molecule has 2 atom stereocenters. The minimum atomic E-state index is -0.812. The number of rotatable bonds is 3. The largest absolute Gasteiger partial charge is 0.481 e. The van der Waals surface area contributed by atoms with Crippen LogP contribution in [0.4, 0.5) is 0 Å². The van der Waals surface area contributed by atoms with E-state index in [1.165, 1.54) is 0 Å². The third kappa shape index (κ3) is 2.79. The molecule has 0 bridgehead atoms. The van der Waals surface area contributed by atoms with Gasteiger partial charge in [0, 0.05) is 18.9 Å². The Bertz CT molecular complexity index is 157. The van der Waals surface area contributed by atoms with E-state index in [0.717, 1.165) is 0 Å². The van der Waals surface area contributed by atoms with Gasteiger partial charge in [0.25, 0.3) is 0 Å². The number of carboxylic acid groups (broad SMARTS) is 1. The van der Waals surface area contributed by atoms with Crippen molar-refractivity contribution in [3.63, 3.8) is 0 Å². The summed E-state index contributed by atoms with van der Waals surface area (Å²) in [5, 5.41) is 17.8. The van der Waals surface area contributed by atoms with Crippen LogP contribution in [0.1, 0.15) is 19.3 Å². The molecule has 1 aliphatic rings. The van der Waals surface area contributed by atoms with E-state index in [0.29, 0.717) is 26.1 Å². The Morgan fingerprint density at radius 1 is 1.58 bits per heavy atom. The van der Waals surface area contributed by atoms with Gasteiger partial charge >= 0.3 is 5.97 Å². The van der Waals surface area contributed by atoms with Crippen LogP contribution >= 0.6 is 0 Å². The Balaban J connectivity index is 2.24. The topological polar surface area (TPSA) is 66.8 Å². The van der Waals surface area contributed by atoms with Gasteiger partial charge in [0.2, 0.25) is 0 Å². The zero-order chi connectivity index (χ0) is 8.97. The zero-order valence-electron chi connectivity index (χ0n) is 6.90. The molecule has 0 spiro atoms. The van der Waals surface area contributed by atoms with Gasteiger partial charge in [0.05, 0.1) is 12.7 Å². The smallest absolute Gasteiger partial charge is 0.303 e. The highest BCUT2D eigenvalue weighted by Crippen LogP contribution is 2.19. The Labute approximate surface area is 71.2 Å². The summed E-state index contributed by atoms with van der Waals surface area (Å²) in [4.78, 5) is 10.2. The molecule has 0 aromatic carbocycles. The van der Waals surface area contributed by atoms with Crippen LogP contribution in [0.3, 0.4) is 0 Å². The van der Waals surface area contributed by atoms with E-state index in [1.807, 2.05) is 0 Å². The second-order valence-corrected chi connectivity index (χ2v) is 3.12. The summed E-state index contributed by atoms with van der Waals surface area (Å²) in [5.41, 5.74) is 0. The number of carbonyl (C=O) groups is 1. The predicted octanol–water partition coefficient (Wildman–Crippen LogP) is 0.249. The fraction of sp³-hybridized carbons (Fsp3) is 0.875. The van der Waals surface area contributed by atoms with Crippen LogP contribution in [0.5, 0.6) is 0 Å². The van der Waals surface area contributed by atoms with Gasteiger partial charge in [-0.15, -0.1) is 0 Å². The Kier molecular flexibility index (Phi) is 3.49. The van der Waals surface area contributed by atoms with E-state index < -0.39 is 5.97 Å². The maximum atomic E-state index is 10.2. The number of aliphatic hydroxyl groups is 1. The molecule has 4 nitrogen and oxygen atoms in total. The monoisotopic (exact) mass is 174 g/mol. The van der Waals surface area contributed by atoms with Gasteiger partial charge in [0.1, 0.15) is 0 Å². The van der Waals surface area contributed by atoms with Crippen molar-refractivity contribution in [2.24, 2.45) is 5.92 Å². The molecular weight excluding hydrogens is 160 g/mol. The normalized spacial score (nSPS) is 30.1. The first-order valence-corrected chi connectivity index (χ1v) is 4.17. The summed E-state index contributed by atoms with van der Waals surface area (Å²) in [6, 6.07) is 0. The molecule has 0 amide bonds. The number of aliphatic hydroxyl groups excluding tert-OH is 1. The standard InChI is InChI=1S/C8H14O4/c9-7-3-4-12-5-6(7)1-2-8(10)11/h6-7,9H,1-5H2,(H,10,11)/t6-,7-/m0/s1. The average molecular weight is 174 g/mol. The summed E-state index contributed by atoms with van der Waals surface area (Å²) in [6.07, 6.45) is 0.879. The first-order valence-electron chi connectivity index (χ1n) is 4.17. The molecule has 1 rings (SSSR count). The van der Waals surface area contributed by atoms with E-state index in [-0.39, 0.29) is 18.4 Å². The van der Waals surface area contributed by atoms with E-state index in [1.54, 1.807) is 0 Å². The number of hydrogen-bond donors (Lipinski definition) is 2. The van der Waals surface area contributed by atoms with Crippen LogP contribution in [-0.2, 0) is 9.53 Å². The van der Waals surface area contributed by atoms with Crippen molar-refractivity contribution in [3.8, 4) is 0 Å². The summed E-state index contributed by atoms with van der Waals surface area (Å²) < 4.78 is 5.13. The van der Waals surface area contributed by atoms with Gasteiger partial charge in [-0.05, 0) is 12.8 Å². The molecule has 4 heteroatoms. The van der Waals surface area contributed by atoms with Crippen molar-refractivity contribution in [1.82, 2.24) is 0 Å². The molecule has 0 aromatic rings. The number of aliphatic carboxylic acids is 1. The number of hydrogen-bond acceptors (Lipinski definition) is 3. The van der Waals surface area contributed by atoms with E-state index >= 15 is 0 Å². The summed E-state index contributed by atoms with van der Waals surface area (Å²) in [6.45, 7) is 1.08. The molecule has 0 aromatic heterocycles. The minimum absolute atomic E-state index is 0.00912. The highest BCUT2D eigenvalue weighted by atomic mass is 16.5. The van der Waals surface area contributed by atoms with Gasteiger partial charge in [-0.25, -0.2) is 0 Å². The zero-order valence-corrected chi connectivity index (χ0v) is 6.90. The first kappa shape index (κ1) is 9.48. The van der Waals surface area contributed by atoms with Gasteiger partial charge in [-0.3, -0.25) is 4.79 Å². The molecule has 1 aliphatic heterocycles. The van der Waals surface area contributed by atoms with Crippen LogP contribution in [0.15, 0.2) is 0 Å². The summed E-state index contributed by atoms with van der Waals surface area (Å²) >= 11 is 0. The van der Waals surface area contributed by atoms with Crippen LogP contribution < -0.4 is 0 Å². The Morgan fingerprint density at radius 2 is 2.33 bits per heavy atom. The molecule has 0 radical (unpaired) electrons. The second-order valence-electron chi connectivity index (χ2n) is 3.12. The molecular formula is C8H14O4. The highest BCUT2D eigenvalue weighted by molar-refractivity contribution is 5.66. The van der Waals surface area contributed by atoms with Crippen LogP contribution in [0.2, 0.25) is 0 Å². The maximum Gasteiger partial charge on any atom is 0.303 e. The number of ether oxygens (including phenoxy) is 1. The molecule has 70 valence electrons. The van der Waals surface area contributed by atoms with Gasteiger partial charge < -0.3 is 14.9 Å². The third-order valence-electron chi connectivity index (χ3n) is 2.16. The third-order valence-corrected chi connectivity index (χ3v) is 2.16. The molecule has 0 saturated carbocycles. The van der Waals surface area contributed by atoms with Gasteiger partial charge in [-0.1, -0.05) is 0 Å². The van der Waals surface area contributed by atoms with Crippen molar-refractivity contribution in [3.05, 3.63) is 0 Å². The second kappa shape index (κ2) is 4.42. The van der Waals surface area contributed by atoms with E-state index in [2.05, 4.69) is 0 Å². The van der Waals surface area contributed by atoms with E-state index in [9.17, 15) is 9.90 Å². The lowest BCUT2D eigenvalue weighted by molar-refractivity contribution is -0.138. The summed E-state index contributed by atoms with van der Waals surface area (Å²) in [7, 11) is 0. The Morgan fingerprint density at radius 3 is 2.92 bits per heavy atom. The van der Waals surface area contributed by atoms with Crippen molar-refractivity contribution in [2.75, 3.05) is 13.2 Å². The fourth-order valence-corrected chi connectivity index (χ4v) is 1.37. The summed E-state index contributed by atoms with van der Waals surface area (Å²) in [5.74, 6) is -0.803. The molecule has 0 unspecified atom stereocenters. The highest BCUT2D eigenvalue weighted by Gasteiger charge is 2.23. The van der Waals surface area contributed by atoms with Crippen molar-refractivity contribution >= 4 is 5.97 Å².